The van der Waals surface area contributed by atoms with E-state index in [0.29, 0.717) is 11.1 Å². The van der Waals surface area contributed by atoms with Gasteiger partial charge in [-0.1, -0.05) is 0 Å². The predicted molar refractivity (Wildman–Crippen MR) is 139 cm³/mol. The SMILES string of the molecule is O=C1C(=Cc2ccc(N(c3ccccc3)c3cccc4ccccc34)[se]2)C(=O)c2ccccc21. The molecule has 1 aliphatic carbocycles. The molecule has 1 aromatic heterocycles. The van der Waals surface area contributed by atoms with Crippen molar-refractivity contribution >= 4 is 58.9 Å². The summed E-state index contributed by atoms with van der Waals surface area (Å²) in [5, 5.41) is 2.36. The molecule has 0 amide bonds. The van der Waals surface area contributed by atoms with Gasteiger partial charge < -0.3 is 0 Å². The number of fused-ring (bicyclic) bond motifs is 2. The van der Waals surface area contributed by atoms with Gasteiger partial charge in [0.2, 0.25) is 0 Å². The zero-order valence-electron chi connectivity index (χ0n) is 18.1. The van der Waals surface area contributed by atoms with Gasteiger partial charge in [-0.2, -0.15) is 0 Å². The van der Waals surface area contributed by atoms with Crippen LogP contribution in [0.2, 0.25) is 0 Å². The maximum absolute atomic E-state index is 12.9. The van der Waals surface area contributed by atoms with Crippen LogP contribution in [0, 0.1) is 0 Å². The number of Topliss-reactive ketones (excluding diaryl/α,β-unsaturated/α-hetero) is 2. The summed E-state index contributed by atoms with van der Waals surface area (Å²) in [6.45, 7) is 0. The monoisotopic (exact) mass is 505 g/mol. The first-order valence-corrected chi connectivity index (χ1v) is 12.7. The molecule has 0 bridgehead atoms. The van der Waals surface area contributed by atoms with Gasteiger partial charge in [0, 0.05) is 0 Å². The van der Waals surface area contributed by atoms with Gasteiger partial charge >= 0.3 is 204 Å². The summed E-state index contributed by atoms with van der Waals surface area (Å²) in [7, 11) is 0. The van der Waals surface area contributed by atoms with Crippen LogP contribution in [-0.2, 0) is 0 Å². The number of ketones is 2. The van der Waals surface area contributed by atoms with E-state index in [1.807, 2.05) is 24.3 Å². The van der Waals surface area contributed by atoms with E-state index in [0.717, 1.165) is 20.4 Å². The first-order valence-electron chi connectivity index (χ1n) is 11.0. The molecule has 3 nitrogen and oxygen atoms in total. The molecule has 0 aliphatic heterocycles. The van der Waals surface area contributed by atoms with Gasteiger partial charge in [-0.15, -0.1) is 0 Å². The van der Waals surface area contributed by atoms with Crippen molar-refractivity contribution in [2.45, 2.75) is 0 Å². The number of carbonyl (C=O) groups excluding carboxylic acids is 2. The number of allylic oxidation sites excluding steroid dienone is 1. The molecule has 0 radical (unpaired) electrons. The Bertz CT molecular complexity index is 1550. The van der Waals surface area contributed by atoms with Crippen LogP contribution in [0.4, 0.5) is 15.9 Å². The average Bonchev–Trinajstić information content (AvgIpc) is 3.44. The molecule has 34 heavy (non-hydrogen) atoms. The molecular formula is C30H19NO2Se. The minimum absolute atomic E-state index is 0.0743. The van der Waals surface area contributed by atoms with Crippen molar-refractivity contribution in [3.8, 4) is 0 Å². The number of rotatable bonds is 4. The van der Waals surface area contributed by atoms with E-state index in [1.165, 1.54) is 10.8 Å². The fourth-order valence-electron chi connectivity index (χ4n) is 4.45. The molecule has 6 rings (SSSR count). The molecule has 0 saturated carbocycles. The van der Waals surface area contributed by atoms with Gasteiger partial charge in [-0.25, -0.2) is 0 Å². The van der Waals surface area contributed by atoms with Crippen molar-refractivity contribution in [2.24, 2.45) is 0 Å². The summed E-state index contributed by atoms with van der Waals surface area (Å²) < 4.78 is 2.16. The summed E-state index contributed by atoms with van der Waals surface area (Å²) in [6, 6.07) is 36.2. The summed E-state index contributed by atoms with van der Waals surface area (Å²) in [5.74, 6) is -0.362. The molecule has 4 aromatic carbocycles. The van der Waals surface area contributed by atoms with Crippen LogP contribution in [0.15, 0.2) is 115 Å². The molecule has 5 aromatic rings. The van der Waals surface area contributed by atoms with Gasteiger partial charge in [-0.05, 0) is 0 Å². The van der Waals surface area contributed by atoms with Crippen LogP contribution in [0.5, 0.6) is 0 Å². The fraction of sp³-hybridized carbons (Fsp3) is 0. The maximum atomic E-state index is 12.9. The van der Waals surface area contributed by atoms with Crippen molar-refractivity contribution in [2.75, 3.05) is 4.90 Å². The molecule has 1 aliphatic rings. The second-order valence-corrected chi connectivity index (χ2v) is 10.4. The number of anilines is 3. The van der Waals surface area contributed by atoms with Crippen molar-refractivity contribution in [1.29, 1.82) is 0 Å². The summed E-state index contributed by atoms with van der Waals surface area (Å²) >= 11 is -0.0743. The number of hydrogen-bond donors (Lipinski definition) is 0. The van der Waals surface area contributed by atoms with Gasteiger partial charge in [0.25, 0.3) is 0 Å². The Morgan fingerprint density at radius 1 is 0.618 bits per heavy atom. The van der Waals surface area contributed by atoms with Crippen LogP contribution in [0.3, 0.4) is 0 Å². The topological polar surface area (TPSA) is 37.4 Å². The number of carbonyl (C=O) groups is 2. The van der Waals surface area contributed by atoms with E-state index in [2.05, 4.69) is 65.6 Å². The van der Waals surface area contributed by atoms with Gasteiger partial charge in [-0.3, -0.25) is 0 Å². The van der Waals surface area contributed by atoms with Gasteiger partial charge in [0.05, 0.1) is 0 Å². The zero-order chi connectivity index (χ0) is 23.1. The van der Waals surface area contributed by atoms with E-state index in [-0.39, 0.29) is 31.6 Å². The van der Waals surface area contributed by atoms with Crippen molar-refractivity contribution in [3.05, 3.63) is 130 Å². The number of hydrogen-bond acceptors (Lipinski definition) is 3. The normalized spacial score (nSPS) is 12.8. The molecule has 0 unspecified atom stereocenters. The second-order valence-electron chi connectivity index (χ2n) is 8.11. The molecule has 0 fully saturated rings. The van der Waals surface area contributed by atoms with E-state index in [4.69, 9.17) is 0 Å². The number of benzene rings is 4. The summed E-state index contributed by atoms with van der Waals surface area (Å²) in [5.41, 5.74) is 3.45. The minimum atomic E-state index is -0.181. The summed E-state index contributed by atoms with van der Waals surface area (Å²) in [6.07, 6.45) is 1.79. The Kier molecular flexibility index (Phi) is 5.10. The molecule has 162 valence electrons. The molecule has 0 N–H and O–H groups in total. The Balaban J connectivity index is 1.46. The van der Waals surface area contributed by atoms with E-state index in [1.54, 1.807) is 30.3 Å². The second kappa shape index (κ2) is 8.42. The average molecular weight is 504 g/mol. The van der Waals surface area contributed by atoms with Crippen LogP contribution >= 0.6 is 0 Å². The Morgan fingerprint density at radius 2 is 1.26 bits per heavy atom. The number of para-hydroxylation sites is 1. The molecule has 0 spiro atoms. The van der Waals surface area contributed by atoms with Crippen LogP contribution in [0.1, 0.15) is 25.2 Å². The van der Waals surface area contributed by atoms with Crippen molar-refractivity contribution in [3.63, 3.8) is 0 Å². The summed E-state index contributed by atoms with van der Waals surface area (Å²) in [4.78, 5) is 28.0. The molecule has 4 heteroatoms. The third-order valence-corrected chi connectivity index (χ3v) is 8.18. The van der Waals surface area contributed by atoms with Gasteiger partial charge in [0.15, 0.2) is 0 Å². The quantitative estimate of drug-likeness (QED) is 0.153. The zero-order valence-corrected chi connectivity index (χ0v) is 19.9. The van der Waals surface area contributed by atoms with Crippen LogP contribution in [0.25, 0.3) is 16.8 Å². The standard InChI is InChI=1S/C30H19NO2Se/c32-29-24-14-6-7-15-25(24)30(33)26(29)19-22-17-18-28(34-22)31(21-11-2-1-3-12-21)27-16-8-10-20-9-4-5-13-23(20)27/h1-19H. The van der Waals surface area contributed by atoms with E-state index < -0.39 is 0 Å². The molecule has 0 atom stereocenters. The fourth-order valence-corrected chi connectivity index (χ4v) is 6.52. The van der Waals surface area contributed by atoms with E-state index >= 15 is 0 Å². The number of nitrogens with zero attached hydrogens (tertiary/aromatic N) is 1. The van der Waals surface area contributed by atoms with Crippen LogP contribution in [-0.4, -0.2) is 26.1 Å². The third kappa shape index (κ3) is 3.45. The molecule has 0 saturated heterocycles. The predicted octanol–water partition coefficient (Wildman–Crippen LogP) is 6.83. The third-order valence-electron chi connectivity index (χ3n) is 6.05. The first kappa shape index (κ1) is 20.6. The first-order chi connectivity index (χ1) is 16.7. The molecule has 1 heterocycles. The Labute approximate surface area is 203 Å². The van der Waals surface area contributed by atoms with Crippen molar-refractivity contribution < 1.29 is 9.59 Å². The Hall–Kier alpha value is -3.98. The van der Waals surface area contributed by atoms with E-state index in [9.17, 15) is 9.59 Å². The van der Waals surface area contributed by atoms with Crippen LogP contribution < -0.4 is 4.90 Å². The molecular weight excluding hydrogens is 485 g/mol. The van der Waals surface area contributed by atoms with Gasteiger partial charge in [0.1, 0.15) is 0 Å². The van der Waals surface area contributed by atoms with Crippen molar-refractivity contribution in [1.82, 2.24) is 0 Å². The Morgan fingerprint density at radius 3 is 2.03 bits per heavy atom.